The van der Waals surface area contributed by atoms with Crippen LogP contribution < -0.4 is 0 Å². The highest BCUT2D eigenvalue weighted by molar-refractivity contribution is 7.99. The van der Waals surface area contributed by atoms with Crippen molar-refractivity contribution in [2.45, 2.75) is 31.5 Å². The van der Waals surface area contributed by atoms with Crippen LogP contribution in [0.1, 0.15) is 25.6 Å². The van der Waals surface area contributed by atoms with Crippen LogP contribution in [0.3, 0.4) is 0 Å². The minimum absolute atomic E-state index is 0.0162. The van der Waals surface area contributed by atoms with E-state index in [1.54, 1.807) is 0 Å². The fraction of sp³-hybridized carbons (Fsp3) is 0.769. The molecule has 1 aromatic rings. The maximum atomic E-state index is 10.7. The van der Waals surface area contributed by atoms with E-state index in [1.807, 2.05) is 32.5 Å². The molecule has 0 aromatic carbocycles. The van der Waals surface area contributed by atoms with Crippen LogP contribution in [-0.2, 0) is 16.1 Å². The lowest BCUT2D eigenvalue weighted by molar-refractivity contribution is -0.133. The molecule has 1 heterocycles. The number of carboxylic acids is 1. The van der Waals surface area contributed by atoms with E-state index in [0.717, 1.165) is 12.4 Å². The number of hydrogen-bond acceptors (Lipinski definition) is 6. The van der Waals surface area contributed by atoms with Crippen molar-refractivity contribution in [2.24, 2.45) is 0 Å². The van der Waals surface area contributed by atoms with Gasteiger partial charge in [-0.15, -0.1) is 10.2 Å². The molecule has 120 valence electrons. The number of nitrogens with zero attached hydrogens (tertiary/aromatic N) is 4. The van der Waals surface area contributed by atoms with Crippen molar-refractivity contribution < 1.29 is 14.6 Å². The molecule has 0 saturated heterocycles. The second-order valence-electron chi connectivity index (χ2n) is 5.25. The maximum absolute atomic E-state index is 10.7. The van der Waals surface area contributed by atoms with Crippen molar-refractivity contribution in [3.05, 3.63) is 5.82 Å². The van der Waals surface area contributed by atoms with E-state index in [4.69, 9.17) is 9.84 Å². The van der Waals surface area contributed by atoms with Crippen LogP contribution in [-0.4, -0.2) is 70.3 Å². The quantitative estimate of drug-likeness (QED) is 0.512. The molecule has 8 heteroatoms. The number of rotatable bonds is 10. The molecular weight excluding hydrogens is 292 g/mol. The standard InChI is InChI=1S/C13H24N4O3S/c1-10(2)12-14-15-13(21-9-11(18)19)17(12)6-8-20-7-5-16(3)4/h10H,5-9H2,1-4H3,(H,18,19). The average Bonchev–Trinajstić information content (AvgIpc) is 2.78. The lowest BCUT2D eigenvalue weighted by Crippen LogP contribution is -2.20. The van der Waals surface area contributed by atoms with Gasteiger partial charge in [0.15, 0.2) is 5.16 Å². The summed E-state index contributed by atoms with van der Waals surface area (Å²) in [4.78, 5) is 12.7. The Kier molecular flexibility index (Phi) is 7.69. The van der Waals surface area contributed by atoms with Gasteiger partial charge in [0.25, 0.3) is 0 Å². The van der Waals surface area contributed by atoms with Gasteiger partial charge in [0.1, 0.15) is 5.82 Å². The number of aromatic nitrogens is 3. The van der Waals surface area contributed by atoms with Gasteiger partial charge in [0.2, 0.25) is 0 Å². The Morgan fingerprint density at radius 1 is 1.38 bits per heavy atom. The van der Waals surface area contributed by atoms with Crippen LogP contribution in [0.15, 0.2) is 5.16 Å². The van der Waals surface area contributed by atoms with Crippen LogP contribution in [0.25, 0.3) is 0 Å². The van der Waals surface area contributed by atoms with Crippen molar-refractivity contribution >= 4 is 17.7 Å². The molecule has 0 amide bonds. The summed E-state index contributed by atoms with van der Waals surface area (Å²) in [5, 5.41) is 17.6. The molecule has 0 spiro atoms. The van der Waals surface area contributed by atoms with Crippen molar-refractivity contribution in [2.75, 3.05) is 39.6 Å². The Balaban J connectivity index is 2.59. The lowest BCUT2D eigenvalue weighted by Gasteiger charge is -2.13. The zero-order valence-corrected chi connectivity index (χ0v) is 13.9. The molecule has 0 atom stereocenters. The summed E-state index contributed by atoms with van der Waals surface area (Å²) in [6, 6.07) is 0. The number of ether oxygens (including phenoxy) is 1. The predicted octanol–water partition coefficient (Wildman–Crippen LogP) is 1.16. The lowest BCUT2D eigenvalue weighted by atomic mass is 10.2. The maximum Gasteiger partial charge on any atom is 0.313 e. The summed E-state index contributed by atoms with van der Waals surface area (Å²) >= 11 is 1.19. The monoisotopic (exact) mass is 316 g/mol. The van der Waals surface area contributed by atoms with E-state index in [2.05, 4.69) is 15.1 Å². The summed E-state index contributed by atoms with van der Waals surface area (Å²) in [5.74, 6) is 0.220. The molecule has 0 radical (unpaired) electrons. The van der Waals surface area contributed by atoms with E-state index < -0.39 is 5.97 Å². The molecule has 0 aliphatic carbocycles. The molecule has 0 aliphatic rings. The summed E-state index contributed by atoms with van der Waals surface area (Å²) < 4.78 is 7.54. The first-order valence-electron chi connectivity index (χ1n) is 6.92. The SMILES string of the molecule is CC(C)c1nnc(SCC(=O)O)n1CCOCCN(C)C. The van der Waals surface area contributed by atoms with Crippen molar-refractivity contribution in [1.29, 1.82) is 0 Å². The molecule has 0 unspecified atom stereocenters. The highest BCUT2D eigenvalue weighted by atomic mass is 32.2. The normalized spacial score (nSPS) is 11.5. The third-order valence-electron chi connectivity index (χ3n) is 2.73. The van der Waals surface area contributed by atoms with Crippen LogP contribution in [0.2, 0.25) is 0 Å². The zero-order chi connectivity index (χ0) is 15.8. The fourth-order valence-electron chi connectivity index (χ4n) is 1.68. The molecule has 1 aromatic heterocycles. The molecular formula is C13H24N4O3S. The largest absolute Gasteiger partial charge is 0.481 e. The first kappa shape index (κ1) is 17.9. The molecule has 21 heavy (non-hydrogen) atoms. The van der Waals surface area contributed by atoms with Gasteiger partial charge in [-0.2, -0.15) is 0 Å². The van der Waals surface area contributed by atoms with Gasteiger partial charge < -0.3 is 19.3 Å². The smallest absolute Gasteiger partial charge is 0.313 e. The summed E-state index contributed by atoms with van der Waals surface area (Å²) in [7, 11) is 4.00. The first-order valence-corrected chi connectivity index (χ1v) is 7.90. The van der Waals surface area contributed by atoms with E-state index >= 15 is 0 Å². The third kappa shape index (κ3) is 6.45. The summed E-state index contributed by atoms with van der Waals surface area (Å²) in [6.07, 6.45) is 0. The van der Waals surface area contributed by atoms with Gasteiger partial charge in [-0.1, -0.05) is 25.6 Å². The van der Waals surface area contributed by atoms with Crippen molar-refractivity contribution in [1.82, 2.24) is 19.7 Å². The molecule has 0 bridgehead atoms. The summed E-state index contributed by atoms with van der Waals surface area (Å²) in [6.45, 7) is 6.82. The third-order valence-corrected chi connectivity index (χ3v) is 3.68. The van der Waals surface area contributed by atoms with Gasteiger partial charge in [-0.3, -0.25) is 4.79 Å². The average molecular weight is 316 g/mol. The van der Waals surface area contributed by atoms with Gasteiger partial charge in [-0.05, 0) is 14.1 Å². The van der Waals surface area contributed by atoms with E-state index in [1.165, 1.54) is 11.8 Å². The fourth-order valence-corrected chi connectivity index (χ4v) is 2.37. The highest BCUT2D eigenvalue weighted by Gasteiger charge is 2.16. The number of thioether (sulfide) groups is 1. The van der Waals surface area contributed by atoms with E-state index in [9.17, 15) is 4.79 Å². The Labute approximate surface area is 129 Å². The second-order valence-corrected chi connectivity index (χ2v) is 6.19. The number of likely N-dealkylation sites (N-methyl/N-ethyl adjacent to an activating group) is 1. The Bertz CT molecular complexity index is 449. The van der Waals surface area contributed by atoms with Gasteiger partial charge in [0, 0.05) is 19.0 Å². The van der Waals surface area contributed by atoms with Crippen LogP contribution >= 0.6 is 11.8 Å². The van der Waals surface area contributed by atoms with Crippen LogP contribution in [0.4, 0.5) is 0 Å². The zero-order valence-electron chi connectivity index (χ0n) is 13.1. The number of hydrogen-bond donors (Lipinski definition) is 1. The topological polar surface area (TPSA) is 80.5 Å². The highest BCUT2D eigenvalue weighted by Crippen LogP contribution is 2.21. The van der Waals surface area contributed by atoms with Crippen molar-refractivity contribution in [3.8, 4) is 0 Å². The molecule has 1 rings (SSSR count). The molecule has 7 nitrogen and oxygen atoms in total. The Morgan fingerprint density at radius 2 is 2.10 bits per heavy atom. The van der Waals surface area contributed by atoms with E-state index in [-0.39, 0.29) is 11.7 Å². The summed E-state index contributed by atoms with van der Waals surface area (Å²) in [5.41, 5.74) is 0. The van der Waals surface area contributed by atoms with Crippen molar-refractivity contribution in [3.63, 3.8) is 0 Å². The number of carbonyl (C=O) groups is 1. The second kappa shape index (κ2) is 9.01. The molecule has 0 fully saturated rings. The minimum Gasteiger partial charge on any atom is -0.481 e. The Hall–Kier alpha value is -1.12. The van der Waals surface area contributed by atoms with E-state index in [0.29, 0.717) is 24.9 Å². The van der Waals surface area contributed by atoms with Gasteiger partial charge in [-0.25, -0.2) is 0 Å². The van der Waals surface area contributed by atoms with Crippen LogP contribution in [0.5, 0.6) is 0 Å². The first-order chi connectivity index (χ1) is 9.91. The molecule has 0 saturated carbocycles. The van der Waals surface area contributed by atoms with Crippen LogP contribution in [0, 0.1) is 0 Å². The molecule has 0 aliphatic heterocycles. The number of aliphatic carboxylic acids is 1. The number of carboxylic acid groups (broad SMARTS) is 1. The van der Waals surface area contributed by atoms with Gasteiger partial charge in [0.05, 0.1) is 19.0 Å². The Morgan fingerprint density at radius 3 is 2.67 bits per heavy atom. The predicted molar refractivity (Wildman–Crippen MR) is 81.8 cm³/mol. The molecule has 1 N–H and O–H groups in total. The minimum atomic E-state index is -0.858. The van der Waals surface area contributed by atoms with Gasteiger partial charge >= 0.3 is 5.97 Å².